The summed E-state index contributed by atoms with van der Waals surface area (Å²) >= 11 is 0. The van der Waals surface area contributed by atoms with Crippen LogP contribution < -0.4 is 10.9 Å². The van der Waals surface area contributed by atoms with Crippen molar-refractivity contribution >= 4 is 17.8 Å². The van der Waals surface area contributed by atoms with E-state index in [1.54, 1.807) is 0 Å². The van der Waals surface area contributed by atoms with Crippen LogP contribution in [0.5, 0.6) is 0 Å². The summed E-state index contributed by atoms with van der Waals surface area (Å²) in [5.41, 5.74) is 3.58. The first-order chi connectivity index (χ1) is 10.9. The molecule has 0 saturated heterocycles. The minimum absolute atomic E-state index is 0.175. The van der Waals surface area contributed by atoms with E-state index in [1.807, 2.05) is 0 Å². The highest BCUT2D eigenvalue weighted by Gasteiger charge is 2.41. The van der Waals surface area contributed by atoms with E-state index in [4.69, 9.17) is 0 Å². The van der Waals surface area contributed by atoms with E-state index in [2.05, 4.69) is 10.9 Å². The smallest absolute Gasteiger partial charge is 0.310 e. The summed E-state index contributed by atoms with van der Waals surface area (Å²) in [4.78, 5) is 35.3. The van der Waals surface area contributed by atoms with Crippen molar-refractivity contribution in [3.05, 3.63) is 35.6 Å². The third kappa shape index (κ3) is 4.28. The van der Waals surface area contributed by atoms with Gasteiger partial charge in [0.25, 0.3) is 5.91 Å². The molecular formula is C16H19FN2O4. The lowest BCUT2D eigenvalue weighted by Crippen LogP contribution is -2.45. The molecule has 124 valence electrons. The number of carboxylic acid groups (broad SMARTS) is 1. The molecule has 2 amide bonds. The minimum atomic E-state index is -1.05. The van der Waals surface area contributed by atoms with Crippen LogP contribution in [-0.4, -0.2) is 22.9 Å². The summed E-state index contributed by atoms with van der Waals surface area (Å²) in [6.45, 7) is 0. The first kappa shape index (κ1) is 16.9. The molecule has 3 N–H and O–H groups in total. The number of hydrogen-bond donors (Lipinski definition) is 3. The molecule has 2 rings (SSSR count). The lowest BCUT2D eigenvalue weighted by molar-refractivity contribution is -0.154. The lowest BCUT2D eigenvalue weighted by atomic mass is 9.72. The maximum absolute atomic E-state index is 12.8. The van der Waals surface area contributed by atoms with E-state index in [0.717, 1.165) is 31.4 Å². The molecule has 23 heavy (non-hydrogen) atoms. The number of carboxylic acids is 1. The number of nitrogens with one attached hydrogen (secondary N) is 2. The second-order valence-corrected chi connectivity index (χ2v) is 5.83. The Morgan fingerprint density at radius 3 is 2.22 bits per heavy atom. The van der Waals surface area contributed by atoms with Crippen LogP contribution in [0.4, 0.5) is 4.39 Å². The average molecular weight is 322 g/mol. The summed E-state index contributed by atoms with van der Waals surface area (Å²) in [7, 11) is 0. The number of benzene rings is 1. The molecule has 0 aliphatic heterocycles. The van der Waals surface area contributed by atoms with Crippen LogP contribution in [-0.2, 0) is 9.59 Å². The molecule has 1 aliphatic rings. The highest BCUT2D eigenvalue weighted by Crippen LogP contribution is 2.39. The van der Waals surface area contributed by atoms with Crippen LogP contribution in [0.3, 0.4) is 0 Å². The summed E-state index contributed by atoms with van der Waals surface area (Å²) in [5, 5.41) is 9.42. The number of hydrogen-bond acceptors (Lipinski definition) is 3. The zero-order valence-corrected chi connectivity index (χ0v) is 12.6. The lowest BCUT2D eigenvalue weighted by Gasteiger charge is -2.32. The number of amides is 2. The Bertz CT molecular complexity index is 595. The Kier molecular flexibility index (Phi) is 5.31. The van der Waals surface area contributed by atoms with Crippen LogP contribution in [0.25, 0.3) is 0 Å². The van der Waals surface area contributed by atoms with Gasteiger partial charge in [0, 0.05) is 12.0 Å². The van der Waals surface area contributed by atoms with E-state index < -0.39 is 29.0 Å². The molecule has 0 aromatic heterocycles. The van der Waals surface area contributed by atoms with Gasteiger partial charge in [0.2, 0.25) is 5.91 Å². The number of carbonyl (C=O) groups is 3. The second-order valence-electron chi connectivity index (χ2n) is 5.83. The van der Waals surface area contributed by atoms with Gasteiger partial charge in [-0.1, -0.05) is 19.3 Å². The third-order valence-corrected chi connectivity index (χ3v) is 4.19. The molecule has 0 spiro atoms. The van der Waals surface area contributed by atoms with Crippen LogP contribution in [0, 0.1) is 11.2 Å². The fraction of sp³-hybridized carbons (Fsp3) is 0.438. The van der Waals surface area contributed by atoms with Gasteiger partial charge in [-0.3, -0.25) is 25.2 Å². The van der Waals surface area contributed by atoms with Crippen LogP contribution >= 0.6 is 0 Å². The molecule has 6 nitrogen and oxygen atoms in total. The molecule has 1 aromatic carbocycles. The molecular weight excluding hydrogens is 303 g/mol. The molecule has 0 atom stereocenters. The van der Waals surface area contributed by atoms with Gasteiger partial charge in [0.05, 0.1) is 5.41 Å². The quantitative estimate of drug-likeness (QED) is 0.739. The maximum atomic E-state index is 12.8. The van der Waals surface area contributed by atoms with Gasteiger partial charge in [-0.25, -0.2) is 4.39 Å². The molecule has 7 heteroatoms. The molecule has 1 aliphatic carbocycles. The van der Waals surface area contributed by atoms with Crippen molar-refractivity contribution in [1.82, 2.24) is 10.9 Å². The number of aliphatic carboxylic acids is 1. The van der Waals surface area contributed by atoms with Crippen molar-refractivity contribution in [2.45, 2.75) is 38.5 Å². The predicted octanol–water partition coefficient (Wildman–Crippen LogP) is 2.01. The number of carbonyl (C=O) groups excluding carboxylic acids is 2. The van der Waals surface area contributed by atoms with Crippen LogP contribution in [0.1, 0.15) is 48.9 Å². The Morgan fingerprint density at radius 2 is 1.65 bits per heavy atom. The van der Waals surface area contributed by atoms with Crippen molar-refractivity contribution in [2.24, 2.45) is 5.41 Å². The molecule has 1 aromatic rings. The van der Waals surface area contributed by atoms with Crippen molar-refractivity contribution in [3.63, 3.8) is 0 Å². The third-order valence-electron chi connectivity index (χ3n) is 4.19. The summed E-state index contributed by atoms with van der Waals surface area (Å²) < 4.78 is 12.8. The molecule has 1 saturated carbocycles. The highest BCUT2D eigenvalue weighted by molar-refractivity contribution is 5.95. The van der Waals surface area contributed by atoms with Gasteiger partial charge in [-0.2, -0.15) is 0 Å². The standard InChI is InChI=1S/C16H19FN2O4/c17-12-6-4-11(5-7-12)14(21)19-18-13(20)10-16(15(22)23)8-2-1-3-9-16/h4-7H,1-3,8-10H2,(H,18,20)(H,19,21)(H,22,23). The van der Waals surface area contributed by atoms with Gasteiger partial charge >= 0.3 is 5.97 Å². The number of halogens is 1. The van der Waals surface area contributed by atoms with Crippen molar-refractivity contribution < 1.29 is 23.9 Å². The van der Waals surface area contributed by atoms with Crippen molar-refractivity contribution in [1.29, 1.82) is 0 Å². The van der Waals surface area contributed by atoms with Crippen molar-refractivity contribution in [3.8, 4) is 0 Å². The van der Waals surface area contributed by atoms with E-state index in [0.29, 0.717) is 12.8 Å². The normalized spacial score (nSPS) is 16.4. The average Bonchev–Trinajstić information content (AvgIpc) is 2.54. The molecule has 0 radical (unpaired) electrons. The monoisotopic (exact) mass is 322 g/mol. The largest absolute Gasteiger partial charge is 0.481 e. The van der Waals surface area contributed by atoms with E-state index in [1.165, 1.54) is 12.1 Å². The van der Waals surface area contributed by atoms with E-state index in [-0.39, 0.29) is 12.0 Å². The Balaban J connectivity index is 1.90. The van der Waals surface area contributed by atoms with E-state index in [9.17, 15) is 23.9 Å². The number of rotatable bonds is 4. The molecule has 0 heterocycles. The zero-order chi connectivity index (χ0) is 16.9. The van der Waals surface area contributed by atoms with Gasteiger partial charge in [0.1, 0.15) is 5.82 Å². The minimum Gasteiger partial charge on any atom is -0.481 e. The molecule has 0 bridgehead atoms. The van der Waals surface area contributed by atoms with Crippen LogP contribution in [0.2, 0.25) is 0 Å². The first-order valence-electron chi connectivity index (χ1n) is 7.51. The van der Waals surface area contributed by atoms with Crippen LogP contribution in [0.15, 0.2) is 24.3 Å². The summed E-state index contributed by atoms with van der Waals surface area (Å²) in [6, 6.07) is 4.85. The van der Waals surface area contributed by atoms with Crippen molar-refractivity contribution in [2.75, 3.05) is 0 Å². The fourth-order valence-corrected chi connectivity index (χ4v) is 2.85. The Morgan fingerprint density at radius 1 is 1.04 bits per heavy atom. The van der Waals surface area contributed by atoms with Gasteiger partial charge in [-0.05, 0) is 37.1 Å². The Labute approximate surface area is 133 Å². The predicted molar refractivity (Wildman–Crippen MR) is 79.8 cm³/mol. The number of hydrazine groups is 1. The second kappa shape index (κ2) is 7.21. The summed E-state index contributed by atoms with van der Waals surface area (Å²) in [6.07, 6.45) is 3.27. The topological polar surface area (TPSA) is 95.5 Å². The highest BCUT2D eigenvalue weighted by atomic mass is 19.1. The van der Waals surface area contributed by atoms with E-state index >= 15 is 0 Å². The summed E-state index contributed by atoms with van der Waals surface area (Å²) in [5.74, 6) is -2.58. The van der Waals surface area contributed by atoms with Gasteiger partial charge < -0.3 is 5.11 Å². The zero-order valence-electron chi connectivity index (χ0n) is 12.6. The SMILES string of the molecule is O=C(CC1(C(=O)O)CCCCC1)NNC(=O)c1ccc(F)cc1. The maximum Gasteiger partial charge on any atom is 0.310 e. The fourth-order valence-electron chi connectivity index (χ4n) is 2.85. The first-order valence-corrected chi connectivity index (χ1v) is 7.51. The molecule has 1 fully saturated rings. The van der Waals surface area contributed by atoms with Gasteiger partial charge in [0.15, 0.2) is 0 Å². The Hall–Kier alpha value is -2.44. The molecule has 0 unspecified atom stereocenters. The van der Waals surface area contributed by atoms with Gasteiger partial charge in [-0.15, -0.1) is 0 Å².